The molecule has 1 aliphatic rings. The molecule has 1 aromatic carbocycles. The molecule has 4 amide bonds. The van der Waals surface area contributed by atoms with E-state index in [2.05, 4.69) is 31.1 Å². The van der Waals surface area contributed by atoms with Crippen molar-refractivity contribution < 1.29 is 14.4 Å². The van der Waals surface area contributed by atoms with Crippen molar-refractivity contribution in [2.45, 2.75) is 18.9 Å². The summed E-state index contributed by atoms with van der Waals surface area (Å²) in [5.41, 5.74) is 0.909. The number of carbonyl (C=O) groups is 3. The van der Waals surface area contributed by atoms with Crippen LogP contribution in [0.2, 0.25) is 0 Å². The number of H-pyrrole nitrogens is 1. The van der Waals surface area contributed by atoms with Crippen LogP contribution < -0.4 is 16.0 Å². The molecule has 0 radical (unpaired) electrons. The Bertz CT molecular complexity index is 758. The van der Waals surface area contributed by atoms with Gasteiger partial charge in [0.1, 0.15) is 11.9 Å². The van der Waals surface area contributed by atoms with Crippen LogP contribution in [0.25, 0.3) is 11.4 Å². The normalized spacial score (nSPS) is 16.6. The molecule has 0 spiro atoms. The summed E-state index contributed by atoms with van der Waals surface area (Å²) in [7, 11) is 0. The molecule has 0 saturated carbocycles. The van der Waals surface area contributed by atoms with Crippen molar-refractivity contribution in [1.29, 1.82) is 0 Å². The van der Waals surface area contributed by atoms with Gasteiger partial charge in [0.15, 0.2) is 5.82 Å². The van der Waals surface area contributed by atoms with Crippen LogP contribution in [0.5, 0.6) is 0 Å². The van der Waals surface area contributed by atoms with Crippen molar-refractivity contribution >= 4 is 17.8 Å². The third-order valence-corrected chi connectivity index (χ3v) is 3.50. The first kappa shape index (κ1) is 15.7. The lowest BCUT2D eigenvalue weighted by atomic mass is 10.2. The lowest BCUT2D eigenvalue weighted by Gasteiger charge is -2.07. The van der Waals surface area contributed by atoms with E-state index in [4.69, 9.17) is 0 Å². The Morgan fingerprint density at radius 2 is 2.00 bits per heavy atom. The van der Waals surface area contributed by atoms with Gasteiger partial charge in [-0.1, -0.05) is 30.3 Å². The highest BCUT2D eigenvalue weighted by molar-refractivity contribution is 6.05. The number of aromatic amines is 1. The maximum atomic E-state index is 11.8. The van der Waals surface area contributed by atoms with Crippen LogP contribution in [0.1, 0.15) is 12.2 Å². The van der Waals surface area contributed by atoms with Gasteiger partial charge in [0, 0.05) is 18.5 Å². The lowest BCUT2D eigenvalue weighted by Crippen LogP contribution is -2.36. The highest BCUT2D eigenvalue weighted by Crippen LogP contribution is 2.13. The number of amides is 4. The number of nitrogens with zero attached hydrogens (tertiary/aromatic N) is 2. The molecule has 24 heavy (non-hydrogen) atoms. The van der Waals surface area contributed by atoms with Gasteiger partial charge in [-0.25, -0.2) is 9.78 Å². The van der Waals surface area contributed by atoms with E-state index in [1.807, 2.05) is 30.3 Å². The fourth-order valence-electron chi connectivity index (χ4n) is 2.30. The van der Waals surface area contributed by atoms with Gasteiger partial charge in [-0.3, -0.25) is 20.0 Å². The van der Waals surface area contributed by atoms with Crippen molar-refractivity contribution in [3.63, 3.8) is 0 Å². The number of benzene rings is 1. The quantitative estimate of drug-likeness (QED) is 0.543. The third-order valence-electron chi connectivity index (χ3n) is 3.50. The predicted octanol–water partition coefficient (Wildman–Crippen LogP) is -0.271. The third kappa shape index (κ3) is 3.75. The van der Waals surface area contributed by atoms with Crippen molar-refractivity contribution in [2.24, 2.45) is 0 Å². The van der Waals surface area contributed by atoms with Crippen LogP contribution in [0, 0.1) is 0 Å². The largest absolute Gasteiger partial charge is 0.356 e. The molecule has 1 aromatic heterocycles. The fraction of sp³-hybridized carbons (Fsp3) is 0.267. The minimum absolute atomic E-state index is 0.0940. The number of carbonyl (C=O) groups excluding carboxylic acids is 3. The lowest BCUT2D eigenvalue weighted by molar-refractivity contribution is -0.126. The molecule has 9 nitrogen and oxygen atoms in total. The summed E-state index contributed by atoms with van der Waals surface area (Å²) in [6.45, 7) is 0.352. The number of rotatable bonds is 6. The molecule has 4 N–H and O–H groups in total. The number of hydrogen-bond acceptors (Lipinski definition) is 5. The van der Waals surface area contributed by atoms with Crippen LogP contribution in [-0.4, -0.2) is 45.6 Å². The van der Waals surface area contributed by atoms with Crippen molar-refractivity contribution in [1.82, 2.24) is 31.1 Å². The van der Waals surface area contributed by atoms with Crippen LogP contribution >= 0.6 is 0 Å². The summed E-state index contributed by atoms with van der Waals surface area (Å²) in [5.74, 6) is 0.446. The molecular weight excluding hydrogens is 312 g/mol. The van der Waals surface area contributed by atoms with Crippen LogP contribution in [0.4, 0.5) is 4.79 Å². The molecule has 1 saturated heterocycles. The monoisotopic (exact) mass is 328 g/mol. The van der Waals surface area contributed by atoms with E-state index in [0.29, 0.717) is 24.6 Å². The number of urea groups is 1. The molecule has 1 atom stereocenters. The zero-order valence-electron chi connectivity index (χ0n) is 12.7. The second-order valence-corrected chi connectivity index (χ2v) is 5.29. The SMILES string of the molecule is O=C(CC1NC(=O)NC1=O)NCCc1nc(-c2ccccc2)n[nH]1. The Morgan fingerprint density at radius 3 is 2.71 bits per heavy atom. The first-order chi connectivity index (χ1) is 11.6. The summed E-state index contributed by atoms with van der Waals surface area (Å²) in [5, 5.41) is 14.1. The topological polar surface area (TPSA) is 129 Å². The molecule has 1 aliphatic heterocycles. The van der Waals surface area contributed by atoms with E-state index in [9.17, 15) is 14.4 Å². The van der Waals surface area contributed by atoms with Gasteiger partial charge in [0.05, 0.1) is 6.42 Å². The summed E-state index contributed by atoms with van der Waals surface area (Å²) in [4.78, 5) is 38.5. The maximum Gasteiger partial charge on any atom is 0.322 e. The van der Waals surface area contributed by atoms with Gasteiger partial charge >= 0.3 is 6.03 Å². The highest BCUT2D eigenvalue weighted by Gasteiger charge is 2.31. The first-order valence-corrected chi connectivity index (χ1v) is 7.46. The molecule has 2 aromatic rings. The van der Waals surface area contributed by atoms with Gasteiger partial charge in [-0.15, -0.1) is 0 Å². The number of aromatic nitrogens is 3. The van der Waals surface area contributed by atoms with Crippen LogP contribution in [0.15, 0.2) is 30.3 Å². The minimum atomic E-state index is -0.813. The number of hydrogen-bond donors (Lipinski definition) is 4. The van der Waals surface area contributed by atoms with Gasteiger partial charge in [0.2, 0.25) is 5.91 Å². The van der Waals surface area contributed by atoms with Gasteiger partial charge in [0.25, 0.3) is 5.91 Å². The van der Waals surface area contributed by atoms with E-state index in [-0.39, 0.29) is 12.3 Å². The molecule has 0 aliphatic carbocycles. The predicted molar refractivity (Wildman–Crippen MR) is 83.6 cm³/mol. The molecule has 0 bridgehead atoms. The van der Waals surface area contributed by atoms with Gasteiger partial charge in [-0.2, -0.15) is 5.10 Å². The van der Waals surface area contributed by atoms with Crippen LogP contribution in [-0.2, 0) is 16.0 Å². The Balaban J connectivity index is 1.45. The second kappa shape index (κ2) is 6.90. The minimum Gasteiger partial charge on any atom is -0.356 e. The van der Waals surface area contributed by atoms with Crippen molar-refractivity contribution in [2.75, 3.05) is 6.54 Å². The summed E-state index contributed by atoms with van der Waals surface area (Å²) < 4.78 is 0. The molecule has 9 heteroatoms. The Morgan fingerprint density at radius 1 is 1.21 bits per heavy atom. The van der Waals surface area contributed by atoms with Gasteiger partial charge in [-0.05, 0) is 0 Å². The zero-order chi connectivity index (χ0) is 16.9. The maximum absolute atomic E-state index is 11.8. The average Bonchev–Trinajstić information content (AvgIpc) is 3.15. The van der Waals surface area contributed by atoms with E-state index in [1.54, 1.807) is 0 Å². The smallest absolute Gasteiger partial charge is 0.322 e. The van der Waals surface area contributed by atoms with Crippen molar-refractivity contribution in [3.05, 3.63) is 36.2 Å². The molecular formula is C15H16N6O3. The summed E-state index contributed by atoms with van der Waals surface area (Å²) in [6.07, 6.45) is 0.387. The zero-order valence-corrected chi connectivity index (χ0v) is 12.7. The van der Waals surface area contributed by atoms with Gasteiger partial charge < -0.3 is 10.6 Å². The summed E-state index contributed by atoms with van der Waals surface area (Å²) in [6, 6.07) is 8.17. The molecule has 3 rings (SSSR count). The molecule has 2 heterocycles. The summed E-state index contributed by atoms with van der Waals surface area (Å²) >= 11 is 0. The van der Waals surface area contributed by atoms with E-state index in [1.165, 1.54) is 0 Å². The second-order valence-electron chi connectivity index (χ2n) is 5.29. The first-order valence-electron chi connectivity index (χ1n) is 7.46. The Labute approximate surface area is 137 Å². The highest BCUT2D eigenvalue weighted by atomic mass is 16.2. The molecule has 124 valence electrons. The molecule has 1 fully saturated rings. The van der Waals surface area contributed by atoms with E-state index < -0.39 is 18.0 Å². The molecule has 1 unspecified atom stereocenters. The van der Waals surface area contributed by atoms with E-state index in [0.717, 1.165) is 5.56 Å². The fourth-order valence-corrected chi connectivity index (χ4v) is 2.30. The standard InChI is InChI=1S/C15H16N6O3/c22-12(8-10-14(23)19-15(24)17-10)16-7-6-11-18-13(21-20-11)9-4-2-1-3-5-9/h1-5,10H,6-8H2,(H,16,22)(H,18,20,21)(H2,17,19,23,24). The Hall–Kier alpha value is -3.23. The van der Waals surface area contributed by atoms with E-state index >= 15 is 0 Å². The van der Waals surface area contributed by atoms with Crippen molar-refractivity contribution in [3.8, 4) is 11.4 Å². The number of nitrogens with one attached hydrogen (secondary N) is 4. The average molecular weight is 328 g/mol. The Kier molecular flexibility index (Phi) is 4.50. The number of imide groups is 1. The van der Waals surface area contributed by atoms with Crippen LogP contribution in [0.3, 0.4) is 0 Å².